The van der Waals surface area contributed by atoms with Crippen LogP contribution in [-0.4, -0.2) is 11.5 Å². The summed E-state index contributed by atoms with van der Waals surface area (Å²) in [6.45, 7) is 0. The maximum atomic E-state index is 12.1. The molecule has 0 heterocycles. The van der Waals surface area contributed by atoms with Crippen molar-refractivity contribution >= 4 is 15.9 Å². The van der Waals surface area contributed by atoms with Gasteiger partial charge in [-0.15, -0.1) is 0 Å². The quantitative estimate of drug-likeness (QED) is 0.487. The fraction of sp³-hybridized carbons (Fsp3) is 0.750. The second kappa shape index (κ2) is 3.81. The zero-order chi connectivity index (χ0) is 9.19. The van der Waals surface area contributed by atoms with Gasteiger partial charge < -0.3 is 0 Å². The number of hydrogen-bond acceptors (Lipinski definition) is 0. The number of rotatable bonds is 1. The molecule has 0 N–H and O–H groups in total. The standard InChI is InChI=1S/C8H10BrF3/c9-5-6-1-3-7(4-2-6)8(10,11)12/h3,6H,1-2,4-5H2. The Morgan fingerprint density at radius 2 is 2.17 bits per heavy atom. The number of alkyl halides is 4. The van der Waals surface area contributed by atoms with Gasteiger partial charge in [-0.05, 0) is 25.2 Å². The van der Waals surface area contributed by atoms with Crippen LogP contribution in [0.5, 0.6) is 0 Å². The van der Waals surface area contributed by atoms with Gasteiger partial charge in [0.15, 0.2) is 0 Å². The molecule has 0 spiro atoms. The van der Waals surface area contributed by atoms with Crippen LogP contribution in [0.25, 0.3) is 0 Å². The fourth-order valence-electron chi connectivity index (χ4n) is 1.29. The summed E-state index contributed by atoms with van der Waals surface area (Å²) in [4.78, 5) is 0. The zero-order valence-corrected chi connectivity index (χ0v) is 8.08. The van der Waals surface area contributed by atoms with Crippen molar-refractivity contribution in [1.29, 1.82) is 0 Å². The van der Waals surface area contributed by atoms with Gasteiger partial charge in [0, 0.05) is 10.9 Å². The third kappa shape index (κ3) is 2.51. The summed E-state index contributed by atoms with van der Waals surface area (Å²) in [7, 11) is 0. The molecule has 1 unspecified atom stereocenters. The molecule has 0 aromatic heterocycles. The maximum Gasteiger partial charge on any atom is 0.412 e. The van der Waals surface area contributed by atoms with E-state index in [1.165, 1.54) is 6.08 Å². The third-order valence-electron chi connectivity index (χ3n) is 2.10. The van der Waals surface area contributed by atoms with Crippen LogP contribution >= 0.6 is 15.9 Å². The lowest BCUT2D eigenvalue weighted by atomic mass is 9.91. The van der Waals surface area contributed by atoms with Crippen molar-refractivity contribution in [3.63, 3.8) is 0 Å². The van der Waals surface area contributed by atoms with Crippen LogP contribution < -0.4 is 0 Å². The molecule has 1 aliphatic carbocycles. The van der Waals surface area contributed by atoms with Gasteiger partial charge in [0.1, 0.15) is 0 Å². The van der Waals surface area contributed by atoms with Crippen molar-refractivity contribution in [2.45, 2.75) is 25.4 Å². The van der Waals surface area contributed by atoms with E-state index in [1.807, 2.05) is 0 Å². The first-order valence-corrected chi connectivity index (χ1v) is 4.98. The zero-order valence-electron chi connectivity index (χ0n) is 6.49. The van der Waals surface area contributed by atoms with Gasteiger partial charge in [-0.25, -0.2) is 0 Å². The molecule has 0 nitrogen and oxygen atoms in total. The Morgan fingerprint density at radius 1 is 1.50 bits per heavy atom. The summed E-state index contributed by atoms with van der Waals surface area (Å²) in [6.07, 6.45) is -1.39. The molecule has 70 valence electrons. The Morgan fingerprint density at radius 3 is 2.50 bits per heavy atom. The molecule has 0 saturated heterocycles. The van der Waals surface area contributed by atoms with Crippen molar-refractivity contribution in [2.75, 3.05) is 5.33 Å². The van der Waals surface area contributed by atoms with E-state index in [-0.39, 0.29) is 12.0 Å². The first kappa shape index (κ1) is 10.1. The van der Waals surface area contributed by atoms with Gasteiger partial charge in [0.05, 0.1) is 0 Å². The minimum absolute atomic E-state index is 0.180. The van der Waals surface area contributed by atoms with Crippen LogP contribution in [-0.2, 0) is 0 Å². The van der Waals surface area contributed by atoms with E-state index in [1.54, 1.807) is 0 Å². The lowest BCUT2D eigenvalue weighted by Gasteiger charge is -2.21. The second-order valence-electron chi connectivity index (χ2n) is 3.02. The van der Waals surface area contributed by atoms with Crippen LogP contribution in [0, 0.1) is 5.92 Å². The SMILES string of the molecule is FC(F)(F)C1=CCC(CBr)CC1. The molecule has 1 aliphatic rings. The maximum absolute atomic E-state index is 12.1. The van der Waals surface area contributed by atoms with E-state index >= 15 is 0 Å². The van der Waals surface area contributed by atoms with Crippen LogP contribution in [0.15, 0.2) is 11.6 Å². The summed E-state index contributed by atoms with van der Waals surface area (Å²) in [5, 5.41) is 0.800. The molecule has 0 radical (unpaired) electrons. The Kier molecular flexibility index (Phi) is 3.21. The minimum atomic E-state index is -4.10. The predicted molar refractivity (Wildman–Crippen MR) is 45.3 cm³/mol. The Hall–Kier alpha value is 0.01000. The Labute approximate surface area is 78.0 Å². The average molecular weight is 243 g/mol. The van der Waals surface area contributed by atoms with Gasteiger partial charge >= 0.3 is 6.18 Å². The summed E-state index contributed by atoms with van der Waals surface area (Å²) in [5.74, 6) is 0.385. The highest BCUT2D eigenvalue weighted by atomic mass is 79.9. The van der Waals surface area contributed by atoms with E-state index in [9.17, 15) is 13.2 Å². The first-order chi connectivity index (χ1) is 5.54. The second-order valence-corrected chi connectivity index (χ2v) is 3.67. The molecule has 0 fully saturated rings. The van der Waals surface area contributed by atoms with Crippen molar-refractivity contribution < 1.29 is 13.2 Å². The topological polar surface area (TPSA) is 0 Å². The molecule has 0 amide bonds. The molecule has 0 bridgehead atoms. The van der Waals surface area contributed by atoms with E-state index < -0.39 is 6.18 Å². The molecule has 0 aromatic carbocycles. The van der Waals surface area contributed by atoms with Crippen molar-refractivity contribution in [2.24, 2.45) is 5.92 Å². The third-order valence-corrected chi connectivity index (χ3v) is 3.02. The van der Waals surface area contributed by atoms with Crippen LogP contribution in [0.2, 0.25) is 0 Å². The molecule has 1 rings (SSSR count). The monoisotopic (exact) mass is 242 g/mol. The van der Waals surface area contributed by atoms with E-state index in [0.717, 1.165) is 5.33 Å². The molecular weight excluding hydrogens is 233 g/mol. The van der Waals surface area contributed by atoms with Gasteiger partial charge in [-0.1, -0.05) is 22.0 Å². The fourth-order valence-corrected chi connectivity index (χ4v) is 1.87. The van der Waals surface area contributed by atoms with Crippen molar-refractivity contribution in [3.05, 3.63) is 11.6 Å². The lowest BCUT2D eigenvalue weighted by Crippen LogP contribution is -2.17. The Balaban J connectivity index is 2.56. The summed E-state index contributed by atoms with van der Waals surface area (Å²) >= 11 is 3.27. The van der Waals surface area contributed by atoms with Crippen molar-refractivity contribution in [1.82, 2.24) is 0 Å². The van der Waals surface area contributed by atoms with E-state index in [2.05, 4.69) is 15.9 Å². The summed E-state index contributed by atoms with van der Waals surface area (Å²) in [5.41, 5.74) is -0.347. The highest BCUT2D eigenvalue weighted by molar-refractivity contribution is 9.09. The normalized spacial score (nSPS) is 25.3. The molecule has 0 aliphatic heterocycles. The van der Waals surface area contributed by atoms with Crippen LogP contribution in [0.1, 0.15) is 19.3 Å². The van der Waals surface area contributed by atoms with Crippen LogP contribution in [0.3, 0.4) is 0 Å². The largest absolute Gasteiger partial charge is 0.412 e. The molecule has 0 saturated carbocycles. The molecule has 1 atom stereocenters. The predicted octanol–water partition coefficient (Wildman–Crippen LogP) is 3.67. The van der Waals surface area contributed by atoms with Crippen molar-refractivity contribution in [3.8, 4) is 0 Å². The molecule has 12 heavy (non-hydrogen) atoms. The van der Waals surface area contributed by atoms with Gasteiger partial charge in [-0.2, -0.15) is 13.2 Å². The van der Waals surface area contributed by atoms with E-state index in [0.29, 0.717) is 18.8 Å². The average Bonchev–Trinajstić information content (AvgIpc) is 2.03. The first-order valence-electron chi connectivity index (χ1n) is 3.86. The highest BCUT2D eigenvalue weighted by Crippen LogP contribution is 2.35. The van der Waals surface area contributed by atoms with Crippen LogP contribution in [0.4, 0.5) is 13.2 Å². The lowest BCUT2D eigenvalue weighted by molar-refractivity contribution is -0.0954. The van der Waals surface area contributed by atoms with Gasteiger partial charge in [0.2, 0.25) is 0 Å². The molecular formula is C8H10BrF3. The number of hydrogen-bond donors (Lipinski definition) is 0. The molecule has 4 heteroatoms. The minimum Gasteiger partial charge on any atom is -0.166 e. The highest BCUT2D eigenvalue weighted by Gasteiger charge is 2.34. The smallest absolute Gasteiger partial charge is 0.166 e. The number of allylic oxidation sites excluding steroid dienone is 2. The summed E-state index contributed by atoms with van der Waals surface area (Å²) in [6, 6.07) is 0. The summed E-state index contributed by atoms with van der Waals surface area (Å²) < 4.78 is 36.3. The molecule has 0 aromatic rings. The van der Waals surface area contributed by atoms with E-state index in [4.69, 9.17) is 0 Å². The Bertz CT molecular complexity index is 183. The number of halogens is 4. The van der Waals surface area contributed by atoms with Gasteiger partial charge in [-0.3, -0.25) is 0 Å². The van der Waals surface area contributed by atoms with Gasteiger partial charge in [0.25, 0.3) is 0 Å².